The Labute approximate surface area is 193 Å². The maximum Gasteiger partial charge on any atom is 0.289 e. The summed E-state index contributed by atoms with van der Waals surface area (Å²) in [6.07, 6.45) is 0. The molecule has 0 spiro atoms. The highest BCUT2D eigenvalue weighted by Crippen LogP contribution is 2.31. The number of halogens is 1. The van der Waals surface area contributed by atoms with Crippen molar-refractivity contribution in [2.45, 2.75) is 4.90 Å². The molecule has 0 atom stereocenters. The lowest BCUT2D eigenvalue weighted by molar-refractivity contribution is -0.387. The highest BCUT2D eigenvalue weighted by Gasteiger charge is 2.34. The van der Waals surface area contributed by atoms with E-state index in [0.29, 0.717) is 9.90 Å². The molecular weight excluding hydrogens is 474 g/mol. The molecule has 1 fully saturated rings. The minimum atomic E-state index is -4.04. The van der Waals surface area contributed by atoms with Gasteiger partial charge >= 0.3 is 0 Å². The number of thiophene rings is 1. The van der Waals surface area contributed by atoms with Crippen LogP contribution in [0.1, 0.15) is 9.67 Å². The summed E-state index contributed by atoms with van der Waals surface area (Å²) in [7, 11) is -4.04. The molecule has 1 saturated heterocycles. The third-order valence-corrected chi connectivity index (χ3v) is 8.47. The van der Waals surface area contributed by atoms with E-state index in [0.717, 1.165) is 10.4 Å². The average Bonchev–Trinajstić information content (AvgIpc) is 3.29. The number of carbonyl (C=O) groups is 1. The van der Waals surface area contributed by atoms with Gasteiger partial charge in [-0.15, -0.1) is 11.3 Å². The topological polar surface area (TPSA) is 101 Å². The molecule has 3 aromatic rings. The Morgan fingerprint density at radius 1 is 0.969 bits per heavy atom. The number of benzene rings is 2. The van der Waals surface area contributed by atoms with Gasteiger partial charge in [0.05, 0.1) is 9.80 Å². The number of carbonyl (C=O) groups excluding carboxylic acids is 1. The third-order valence-electron chi connectivity index (χ3n) is 5.15. The summed E-state index contributed by atoms with van der Waals surface area (Å²) in [6.45, 7) is 0.533. The Kier molecular flexibility index (Phi) is 6.29. The standard InChI is InChI=1S/C21H18ClN3O5S2/c22-16-7-5-15(6-8-16)18-9-10-19(31-18)21(26)23-11-13-24(14-12-23)32(29,30)20-4-2-1-3-17(20)25(27)28/h1-10H,11-14H2. The molecule has 1 aliphatic rings. The molecule has 0 unspecified atom stereocenters. The normalized spacial score (nSPS) is 15.0. The average molecular weight is 492 g/mol. The number of nitro benzene ring substituents is 1. The maximum atomic E-state index is 13.0. The zero-order chi connectivity index (χ0) is 22.9. The van der Waals surface area contributed by atoms with Crippen molar-refractivity contribution >= 4 is 44.6 Å². The molecule has 166 valence electrons. The van der Waals surface area contributed by atoms with Gasteiger partial charge in [0.1, 0.15) is 0 Å². The molecule has 0 saturated carbocycles. The fourth-order valence-electron chi connectivity index (χ4n) is 3.47. The van der Waals surface area contributed by atoms with E-state index in [1.54, 1.807) is 23.1 Å². The molecule has 0 aliphatic carbocycles. The van der Waals surface area contributed by atoms with Crippen LogP contribution in [0.15, 0.2) is 65.6 Å². The van der Waals surface area contributed by atoms with Crippen LogP contribution in [0.25, 0.3) is 10.4 Å². The second kappa shape index (κ2) is 8.99. The predicted octanol–water partition coefficient (Wildman–Crippen LogP) is 4.12. The molecular formula is C21H18ClN3O5S2. The van der Waals surface area contributed by atoms with Crippen molar-refractivity contribution < 1.29 is 18.1 Å². The number of para-hydroxylation sites is 1. The van der Waals surface area contributed by atoms with Crippen LogP contribution in [0.4, 0.5) is 5.69 Å². The quantitative estimate of drug-likeness (QED) is 0.394. The molecule has 2 heterocycles. The van der Waals surface area contributed by atoms with E-state index in [9.17, 15) is 23.3 Å². The van der Waals surface area contributed by atoms with E-state index >= 15 is 0 Å². The molecule has 1 aromatic heterocycles. The van der Waals surface area contributed by atoms with E-state index in [1.807, 2.05) is 18.2 Å². The van der Waals surface area contributed by atoms with Gasteiger partial charge in [-0.3, -0.25) is 14.9 Å². The summed E-state index contributed by atoms with van der Waals surface area (Å²) < 4.78 is 27.1. The number of amides is 1. The van der Waals surface area contributed by atoms with E-state index < -0.39 is 20.6 Å². The summed E-state index contributed by atoms with van der Waals surface area (Å²) in [4.78, 5) is 26.2. The highest BCUT2D eigenvalue weighted by atomic mass is 35.5. The van der Waals surface area contributed by atoms with E-state index in [2.05, 4.69) is 0 Å². The largest absolute Gasteiger partial charge is 0.335 e. The summed E-state index contributed by atoms with van der Waals surface area (Å²) in [5.74, 6) is -0.169. The van der Waals surface area contributed by atoms with Crippen molar-refractivity contribution in [2.75, 3.05) is 26.2 Å². The van der Waals surface area contributed by atoms with Crippen LogP contribution >= 0.6 is 22.9 Å². The van der Waals surface area contributed by atoms with Crippen LogP contribution in [0, 0.1) is 10.1 Å². The van der Waals surface area contributed by atoms with Crippen molar-refractivity contribution in [1.29, 1.82) is 0 Å². The zero-order valence-electron chi connectivity index (χ0n) is 16.7. The van der Waals surface area contributed by atoms with Crippen LogP contribution in [-0.4, -0.2) is 54.6 Å². The molecule has 0 bridgehead atoms. The van der Waals surface area contributed by atoms with Crippen molar-refractivity contribution in [3.63, 3.8) is 0 Å². The van der Waals surface area contributed by atoms with Gasteiger partial charge in [-0.05, 0) is 35.9 Å². The molecule has 0 radical (unpaired) electrons. The van der Waals surface area contributed by atoms with Crippen LogP contribution in [0.3, 0.4) is 0 Å². The molecule has 1 aliphatic heterocycles. The number of piperazine rings is 1. The number of hydrogen-bond donors (Lipinski definition) is 0. The van der Waals surface area contributed by atoms with Crippen LogP contribution in [0.2, 0.25) is 5.02 Å². The van der Waals surface area contributed by atoms with E-state index in [4.69, 9.17) is 11.6 Å². The minimum absolute atomic E-state index is 0.0650. The SMILES string of the molecule is O=C(c1ccc(-c2ccc(Cl)cc2)s1)N1CCN(S(=O)(=O)c2ccccc2[N+](=O)[O-])CC1. The van der Waals surface area contributed by atoms with Gasteiger partial charge in [0.25, 0.3) is 11.6 Å². The van der Waals surface area contributed by atoms with Crippen molar-refractivity contribution in [3.8, 4) is 10.4 Å². The van der Waals surface area contributed by atoms with Crippen LogP contribution < -0.4 is 0 Å². The monoisotopic (exact) mass is 491 g/mol. The van der Waals surface area contributed by atoms with Gasteiger partial charge in [0.2, 0.25) is 10.0 Å². The molecule has 8 nitrogen and oxygen atoms in total. The second-order valence-corrected chi connectivity index (χ2v) is 10.5. The summed E-state index contributed by atoms with van der Waals surface area (Å²) in [6, 6.07) is 16.2. The van der Waals surface area contributed by atoms with Gasteiger partial charge in [0.15, 0.2) is 4.90 Å². The van der Waals surface area contributed by atoms with Gasteiger partial charge < -0.3 is 4.90 Å². The number of nitro groups is 1. The van der Waals surface area contributed by atoms with Crippen LogP contribution in [0.5, 0.6) is 0 Å². The second-order valence-electron chi connectivity index (χ2n) is 7.09. The summed E-state index contributed by atoms with van der Waals surface area (Å²) >= 11 is 7.29. The Morgan fingerprint density at radius 2 is 1.62 bits per heavy atom. The number of hydrogen-bond acceptors (Lipinski definition) is 6. The first kappa shape index (κ1) is 22.4. The van der Waals surface area contributed by atoms with Crippen molar-refractivity contribution in [2.24, 2.45) is 0 Å². The lowest BCUT2D eigenvalue weighted by Crippen LogP contribution is -2.50. The smallest absolute Gasteiger partial charge is 0.289 e. The molecule has 0 N–H and O–H groups in total. The van der Waals surface area contributed by atoms with Crippen LogP contribution in [-0.2, 0) is 10.0 Å². The number of rotatable bonds is 5. The maximum absolute atomic E-state index is 13.0. The van der Waals surface area contributed by atoms with Gasteiger partial charge in [0, 0.05) is 42.1 Å². The molecule has 4 rings (SSSR count). The van der Waals surface area contributed by atoms with Crippen molar-refractivity contribution in [3.05, 3.63) is 80.7 Å². The zero-order valence-corrected chi connectivity index (χ0v) is 19.1. The van der Waals surface area contributed by atoms with E-state index in [-0.39, 0.29) is 37.0 Å². The predicted molar refractivity (Wildman–Crippen MR) is 123 cm³/mol. The third kappa shape index (κ3) is 4.40. The fraction of sp³-hybridized carbons (Fsp3) is 0.190. The Balaban J connectivity index is 1.45. The minimum Gasteiger partial charge on any atom is -0.335 e. The highest BCUT2D eigenvalue weighted by molar-refractivity contribution is 7.89. The molecule has 32 heavy (non-hydrogen) atoms. The first-order valence-electron chi connectivity index (χ1n) is 9.66. The van der Waals surface area contributed by atoms with Gasteiger partial charge in [-0.25, -0.2) is 8.42 Å². The lowest BCUT2D eigenvalue weighted by Gasteiger charge is -2.33. The number of sulfonamides is 1. The fourth-order valence-corrected chi connectivity index (χ4v) is 6.16. The molecule has 2 aromatic carbocycles. The summed E-state index contributed by atoms with van der Waals surface area (Å²) in [5.41, 5.74) is 0.498. The summed E-state index contributed by atoms with van der Waals surface area (Å²) in [5, 5.41) is 11.9. The Bertz CT molecular complexity index is 1270. The first-order chi connectivity index (χ1) is 15.3. The first-order valence-corrected chi connectivity index (χ1v) is 12.3. The van der Waals surface area contributed by atoms with Crippen molar-refractivity contribution in [1.82, 2.24) is 9.21 Å². The molecule has 11 heteroatoms. The Hall–Kier alpha value is -2.79. The lowest BCUT2D eigenvalue weighted by atomic mass is 10.2. The van der Waals surface area contributed by atoms with E-state index in [1.165, 1.54) is 39.9 Å². The molecule has 1 amide bonds. The van der Waals surface area contributed by atoms with Gasteiger partial charge in [-0.1, -0.05) is 35.9 Å². The number of nitrogens with zero attached hydrogens (tertiary/aromatic N) is 3. The Morgan fingerprint density at radius 3 is 2.28 bits per heavy atom. The van der Waals surface area contributed by atoms with Gasteiger partial charge in [-0.2, -0.15) is 4.31 Å².